The number of rotatable bonds is 3. The molecule has 3 unspecified atom stereocenters. The van der Waals surface area contributed by atoms with Gasteiger partial charge in [0.25, 0.3) is 0 Å². The molecule has 0 aromatic carbocycles. The molecule has 0 spiro atoms. The number of carboxylic acids is 1. The molecule has 2 fully saturated rings. The third-order valence-electron chi connectivity index (χ3n) is 6.94. The van der Waals surface area contributed by atoms with E-state index < -0.39 is 11.4 Å². The molecule has 0 radical (unpaired) electrons. The first-order valence-corrected chi connectivity index (χ1v) is 8.94. The van der Waals surface area contributed by atoms with Gasteiger partial charge in [0.05, 0.1) is 5.41 Å². The molecule has 0 bridgehead atoms. The van der Waals surface area contributed by atoms with Crippen molar-refractivity contribution in [1.82, 2.24) is 0 Å². The Bertz CT molecular complexity index is 506. The average Bonchev–Trinajstić information content (AvgIpc) is 2.46. The highest BCUT2D eigenvalue weighted by molar-refractivity contribution is 5.75. The summed E-state index contributed by atoms with van der Waals surface area (Å²) in [5.41, 5.74) is 1.48. The van der Waals surface area contributed by atoms with Crippen LogP contribution in [0.2, 0.25) is 0 Å². The predicted molar refractivity (Wildman–Crippen MR) is 89.5 cm³/mol. The fourth-order valence-electron chi connectivity index (χ4n) is 5.65. The Morgan fingerprint density at radius 1 is 1.41 bits per heavy atom. The Morgan fingerprint density at radius 2 is 2.18 bits per heavy atom. The van der Waals surface area contributed by atoms with Crippen LogP contribution in [0.25, 0.3) is 0 Å². The number of carboxylic acid groups (broad SMARTS) is 1. The number of hydrogen-bond donors (Lipinski definition) is 1. The second-order valence-electron chi connectivity index (χ2n) is 8.52. The number of fused-ring (bicyclic) bond motifs is 3. The molecule has 5 atom stereocenters. The van der Waals surface area contributed by atoms with Gasteiger partial charge in [-0.2, -0.15) is 0 Å². The summed E-state index contributed by atoms with van der Waals surface area (Å²) < 4.78 is 0. The first-order chi connectivity index (χ1) is 10.4. The van der Waals surface area contributed by atoms with Crippen molar-refractivity contribution >= 4 is 5.97 Å². The summed E-state index contributed by atoms with van der Waals surface area (Å²) in [6.45, 7) is 8.31. The summed E-state index contributed by atoms with van der Waals surface area (Å²) in [6.07, 6.45) is 13.4. The molecule has 0 aliphatic heterocycles. The summed E-state index contributed by atoms with van der Waals surface area (Å²) >= 11 is 0. The fraction of sp³-hybridized carbons (Fsp3) is 0.750. The van der Waals surface area contributed by atoms with Crippen molar-refractivity contribution in [1.29, 1.82) is 0 Å². The summed E-state index contributed by atoms with van der Waals surface area (Å²) in [5.74, 6) is 0.997. The van der Waals surface area contributed by atoms with E-state index in [2.05, 4.69) is 25.7 Å². The van der Waals surface area contributed by atoms with Crippen LogP contribution in [-0.2, 0) is 4.79 Å². The predicted octanol–water partition coefficient (Wildman–Crippen LogP) is 5.21. The number of aliphatic carboxylic acids is 1. The highest BCUT2D eigenvalue weighted by Gasteiger charge is 2.52. The van der Waals surface area contributed by atoms with Crippen LogP contribution in [0, 0.1) is 28.6 Å². The molecule has 2 nitrogen and oxygen atoms in total. The second kappa shape index (κ2) is 5.54. The first kappa shape index (κ1) is 15.8. The Morgan fingerprint density at radius 3 is 2.86 bits per heavy atom. The molecule has 0 amide bonds. The van der Waals surface area contributed by atoms with E-state index in [0.29, 0.717) is 23.2 Å². The quantitative estimate of drug-likeness (QED) is 0.727. The third-order valence-corrected chi connectivity index (χ3v) is 6.94. The lowest BCUT2D eigenvalue weighted by Gasteiger charge is -2.52. The molecule has 1 N–H and O–H groups in total. The third kappa shape index (κ3) is 2.45. The summed E-state index contributed by atoms with van der Waals surface area (Å²) in [7, 11) is 0. The fourth-order valence-corrected chi connectivity index (χ4v) is 5.65. The molecule has 122 valence electrons. The van der Waals surface area contributed by atoms with Crippen molar-refractivity contribution < 1.29 is 9.90 Å². The van der Waals surface area contributed by atoms with Gasteiger partial charge in [-0.15, -0.1) is 6.58 Å². The normalized spacial score (nSPS) is 44.5. The lowest BCUT2D eigenvalue weighted by atomic mass is 9.52. The maximum absolute atomic E-state index is 11.8. The Labute approximate surface area is 134 Å². The highest BCUT2D eigenvalue weighted by atomic mass is 16.4. The van der Waals surface area contributed by atoms with Crippen LogP contribution in [-0.4, -0.2) is 11.1 Å². The molecule has 0 heterocycles. The lowest BCUT2D eigenvalue weighted by molar-refractivity contribution is -0.156. The highest BCUT2D eigenvalue weighted by Crippen LogP contribution is 2.57. The largest absolute Gasteiger partial charge is 0.481 e. The van der Waals surface area contributed by atoms with E-state index >= 15 is 0 Å². The minimum Gasteiger partial charge on any atom is -0.481 e. The van der Waals surface area contributed by atoms with E-state index in [-0.39, 0.29) is 0 Å². The van der Waals surface area contributed by atoms with Gasteiger partial charge >= 0.3 is 5.97 Å². The van der Waals surface area contributed by atoms with Gasteiger partial charge in [0.2, 0.25) is 0 Å². The molecule has 0 saturated heterocycles. The van der Waals surface area contributed by atoms with E-state index in [4.69, 9.17) is 0 Å². The van der Waals surface area contributed by atoms with Crippen LogP contribution in [0.1, 0.15) is 65.2 Å². The Balaban J connectivity index is 1.87. The zero-order chi connectivity index (χ0) is 16.0. The zero-order valence-corrected chi connectivity index (χ0v) is 14.1. The van der Waals surface area contributed by atoms with Crippen LogP contribution >= 0.6 is 0 Å². The zero-order valence-electron chi connectivity index (χ0n) is 14.1. The minimum absolute atomic E-state index is 0.352. The average molecular weight is 302 g/mol. The van der Waals surface area contributed by atoms with E-state index in [9.17, 15) is 9.90 Å². The van der Waals surface area contributed by atoms with Gasteiger partial charge in [-0.1, -0.05) is 31.1 Å². The molecule has 2 heteroatoms. The van der Waals surface area contributed by atoms with Gasteiger partial charge in [0, 0.05) is 0 Å². The van der Waals surface area contributed by atoms with E-state index in [1.54, 1.807) is 5.57 Å². The van der Waals surface area contributed by atoms with E-state index in [0.717, 1.165) is 32.1 Å². The van der Waals surface area contributed by atoms with Crippen LogP contribution in [0.15, 0.2) is 24.3 Å². The summed E-state index contributed by atoms with van der Waals surface area (Å²) in [5, 5.41) is 9.75. The number of allylic oxidation sites excluding steroid dienone is 3. The van der Waals surface area contributed by atoms with Crippen LogP contribution in [0.3, 0.4) is 0 Å². The lowest BCUT2D eigenvalue weighted by Crippen LogP contribution is -2.47. The topological polar surface area (TPSA) is 37.3 Å². The van der Waals surface area contributed by atoms with Crippen molar-refractivity contribution in [3.8, 4) is 0 Å². The molecular weight excluding hydrogens is 272 g/mol. The van der Waals surface area contributed by atoms with Crippen LogP contribution in [0.4, 0.5) is 0 Å². The van der Waals surface area contributed by atoms with Gasteiger partial charge in [-0.3, -0.25) is 4.79 Å². The maximum atomic E-state index is 11.8. The van der Waals surface area contributed by atoms with Gasteiger partial charge < -0.3 is 5.11 Å². The van der Waals surface area contributed by atoms with Crippen molar-refractivity contribution in [3.05, 3.63) is 24.3 Å². The molecule has 3 rings (SSSR count). The molecule has 3 aliphatic carbocycles. The molecule has 0 aromatic heterocycles. The summed E-state index contributed by atoms with van der Waals surface area (Å²) in [4.78, 5) is 11.8. The van der Waals surface area contributed by atoms with Gasteiger partial charge in [0.1, 0.15) is 0 Å². The van der Waals surface area contributed by atoms with E-state index in [1.165, 1.54) is 19.3 Å². The summed E-state index contributed by atoms with van der Waals surface area (Å²) in [6, 6.07) is 0. The molecule has 0 aromatic rings. The Kier molecular flexibility index (Phi) is 3.99. The molecular formula is C20H30O2. The van der Waals surface area contributed by atoms with Crippen molar-refractivity contribution in [2.75, 3.05) is 0 Å². The molecule has 3 aliphatic rings. The number of carbonyl (C=O) groups is 1. The van der Waals surface area contributed by atoms with Gasteiger partial charge in [0.15, 0.2) is 0 Å². The van der Waals surface area contributed by atoms with Gasteiger partial charge in [-0.25, -0.2) is 0 Å². The van der Waals surface area contributed by atoms with Crippen LogP contribution < -0.4 is 0 Å². The molecule has 2 saturated carbocycles. The van der Waals surface area contributed by atoms with E-state index in [1.807, 2.05) is 6.92 Å². The second-order valence-corrected chi connectivity index (χ2v) is 8.52. The molecule has 22 heavy (non-hydrogen) atoms. The van der Waals surface area contributed by atoms with Crippen molar-refractivity contribution in [2.45, 2.75) is 65.2 Å². The maximum Gasteiger partial charge on any atom is 0.309 e. The smallest absolute Gasteiger partial charge is 0.309 e. The Hall–Kier alpha value is -1.05. The van der Waals surface area contributed by atoms with Crippen molar-refractivity contribution in [3.63, 3.8) is 0 Å². The van der Waals surface area contributed by atoms with Crippen LogP contribution in [0.5, 0.6) is 0 Å². The standard InChI is InChI=1S/C20H30O2/c1-4-10-19(2)12-9-15-14(13-19)7-8-17-16(15)6-5-11-20(17,3)18(21)22/h4,9,14,16-17H,1,5-8,10-13H2,2-3H3,(H,21,22)/t14?,16?,17-,19?,20-/m1/s1. The first-order valence-electron chi connectivity index (χ1n) is 8.94. The number of hydrogen-bond acceptors (Lipinski definition) is 1. The minimum atomic E-state index is -0.575. The SMILES string of the molecule is C=CCC1(C)CC=C2C(CC[C@@H]3C2CCC[C@@]3(C)C(=O)O)C1. The van der Waals surface area contributed by atoms with Gasteiger partial charge in [-0.05, 0) is 75.0 Å². The van der Waals surface area contributed by atoms with Crippen molar-refractivity contribution in [2.24, 2.45) is 28.6 Å². The monoisotopic (exact) mass is 302 g/mol.